The second-order valence-electron chi connectivity index (χ2n) is 12.8. The highest BCUT2D eigenvalue weighted by Gasteiger charge is 2.24. The van der Waals surface area contributed by atoms with E-state index >= 15 is 0 Å². The third-order valence-electron chi connectivity index (χ3n) is 7.33. The van der Waals surface area contributed by atoms with E-state index in [4.69, 9.17) is 9.05 Å². The SMILES string of the molecule is CC/C=C\C/C=C\C/C=C\C/C=C\CCCCCCCCC(=O)NC(COP(=O)([O-])OCC[N+](C)(C)C)C(O)CCCCCC. The summed E-state index contributed by atoms with van der Waals surface area (Å²) < 4.78 is 22.9. The van der Waals surface area contributed by atoms with Gasteiger partial charge in [-0.3, -0.25) is 9.36 Å². The van der Waals surface area contributed by atoms with E-state index < -0.39 is 20.0 Å². The fourth-order valence-electron chi connectivity index (χ4n) is 4.50. The molecule has 2 N–H and O–H groups in total. The molecule has 262 valence electrons. The van der Waals surface area contributed by atoms with E-state index in [1.807, 2.05) is 21.1 Å². The van der Waals surface area contributed by atoms with E-state index in [0.717, 1.165) is 83.5 Å². The molecule has 0 saturated heterocycles. The van der Waals surface area contributed by atoms with Gasteiger partial charge in [-0.05, 0) is 51.4 Å². The number of allylic oxidation sites excluding steroid dienone is 8. The Balaban J connectivity index is 4.25. The smallest absolute Gasteiger partial charge is 0.268 e. The minimum atomic E-state index is -4.54. The molecule has 0 aliphatic carbocycles. The van der Waals surface area contributed by atoms with Gasteiger partial charge in [-0.15, -0.1) is 0 Å². The summed E-state index contributed by atoms with van der Waals surface area (Å²) in [6.07, 6.45) is 33.1. The molecule has 3 unspecified atom stereocenters. The number of phosphoric acid groups is 1. The van der Waals surface area contributed by atoms with Gasteiger partial charge >= 0.3 is 0 Å². The van der Waals surface area contributed by atoms with Crippen molar-refractivity contribution in [2.24, 2.45) is 0 Å². The third-order valence-corrected chi connectivity index (χ3v) is 8.30. The van der Waals surface area contributed by atoms with Crippen LogP contribution in [0.1, 0.15) is 123 Å². The maximum absolute atomic E-state index is 12.6. The fourth-order valence-corrected chi connectivity index (χ4v) is 5.22. The van der Waals surface area contributed by atoms with E-state index in [9.17, 15) is 19.4 Å². The van der Waals surface area contributed by atoms with E-state index in [-0.39, 0.29) is 19.1 Å². The van der Waals surface area contributed by atoms with Crippen molar-refractivity contribution in [2.75, 3.05) is 40.9 Å². The molecule has 3 atom stereocenters. The predicted octanol–water partition coefficient (Wildman–Crippen LogP) is 7.94. The maximum atomic E-state index is 12.6. The predicted molar refractivity (Wildman–Crippen MR) is 187 cm³/mol. The van der Waals surface area contributed by atoms with Crippen LogP contribution in [-0.2, 0) is 18.4 Å². The van der Waals surface area contributed by atoms with Crippen LogP contribution in [0.15, 0.2) is 48.6 Å². The molecule has 0 heterocycles. The summed E-state index contributed by atoms with van der Waals surface area (Å²) in [4.78, 5) is 24.9. The number of aliphatic hydroxyl groups excluding tert-OH is 1. The number of nitrogens with zero attached hydrogens (tertiary/aromatic N) is 1. The van der Waals surface area contributed by atoms with Crippen LogP contribution >= 0.6 is 7.82 Å². The Kier molecular flexibility index (Phi) is 27.7. The molecule has 0 rings (SSSR count). The molecule has 0 radical (unpaired) electrons. The highest BCUT2D eigenvalue weighted by molar-refractivity contribution is 7.45. The minimum absolute atomic E-state index is 0.00527. The minimum Gasteiger partial charge on any atom is -0.756 e. The van der Waals surface area contributed by atoms with Crippen molar-refractivity contribution in [1.82, 2.24) is 5.32 Å². The number of carbonyl (C=O) groups is 1. The molecule has 0 aromatic heterocycles. The normalized spacial score (nSPS) is 15.4. The number of quaternary nitrogens is 1. The topological polar surface area (TPSA) is 108 Å². The molecule has 0 aliphatic rings. The molecule has 0 aromatic rings. The van der Waals surface area contributed by atoms with Crippen LogP contribution in [0.5, 0.6) is 0 Å². The molecule has 1 amide bonds. The molecule has 0 aromatic carbocycles. The fraction of sp³-hybridized carbons (Fsp3) is 0.750. The average molecular weight is 655 g/mol. The first-order valence-corrected chi connectivity index (χ1v) is 18.9. The number of carbonyl (C=O) groups excluding carboxylic acids is 1. The van der Waals surface area contributed by atoms with Crippen LogP contribution in [0.2, 0.25) is 0 Å². The number of hydrogen-bond acceptors (Lipinski definition) is 6. The summed E-state index contributed by atoms with van der Waals surface area (Å²) >= 11 is 0. The van der Waals surface area contributed by atoms with Gasteiger partial charge in [0.1, 0.15) is 13.2 Å². The number of unbranched alkanes of at least 4 members (excludes halogenated alkanes) is 9. The number of amides is 1. The van der Waals surface area contributed by atoms with Crippen LogP contribution in [0, 0.1) is 0 Å². The van der Waals surface area contributed by atoms with E-state index in [1.54, 1.807) is 0 Å². The molecule has 0 aliphatic heterocycles. The van der Waals surface area contributed by atoms with Crippen molar-refractivity contribution in [2.45, 2.75) is 135 Å². The van der Waals surface area contributed by atoms with Gasteiger partial charge in [0.15, 0.2) is 0 Å². The van der Waals surface area contributed by atoms with Crippen molar-refractivity contribution in [3.8, 4) is 0 Å². The molecule has 45 heavy (non-hydrogen) atoms. The molecule has 0 saturated carbocycles. The quantitative estimate of drug-likeness (QED) is 0.0353. The van der Waals surface area contributed by atoms with Gasteiger partial charge in [-0.2, -0.15) is 0 Å². The van der Waals surface area contributed by atoms with Crippen molar-refractivity contribution in [3.63, 3.8) is 0 Å². The standard InChI is InChI=1S/C36H67N2O6P/c1-6-8-10-12-13-14-15-16-17-18-19-20-21-22-23-24-25-26-28-30-36(40)37-34(35(39)29-27-11-9-7-2)33-44-45(41,42)43-32-31-38(3,4)5/h8,10,13-14,16-17,19-20,34-35,39H,6-7,9,11-12,15,18,21-33H2,1-5H3,(H-,37,40,41,42)/b10-8-,14-13-,17-16-,20-19-. The van der Waals surface area contributed by atoms with Crippen molar-refractivity contribution < 1.29 is 32.9 Å². The van der Waals surface area contributed by atoms with Crippen LogP contribution in [0.25, 0.3) is 0 Å². The lowest BCUT2D eigenvalue weighted by Gasteiger charge is -2.30. The van der Waals surface area contributed by atoms with Gasteiger partial charge in [0.05, 0.1) is 39.9 Å². The highest BCUT2D eigenvalue weighted by Crippen LogP contribution is 2.38. The zero-order chi connectivity index (χ0) is 33.7. The largest absolute Gasteiger partial charge is 0.756 e. The van der Waals surface area contributed by atoms with Crippen molar-refractivity contribution >= 4 is 13.7 Å². The summed E-state index contributed by atoms with van der Waals surface area (Å²) in [6.45, 7) is 4.43. The number of hydrogen-bond donors (Lipinski definition) is 2. The van der Waals surface area contributed by atoms with E-state index in [1.165, 1.54) is 12.8 Å². The van der Waals surface area contributed by atoms with Gasteiger partial charge in [0.25, 0.3) is 7.82 Å². The Morgan fingerprint density at radius 2 is 1.36 bits per heavy atom. The summed E-state index contributed by atoms with van der Waals surface area (Å²) in [5, 5.41) is 13.5. The molecular formula is C36H67N2O6P. The Morgan fingerprint density at radius 1 is 0.800 bits per heavy atom. The lowest BCUT2D eigenvalue weighted by atomic mass is 10.0. The molecular weight excluding hydrogens is 587 g/mol. The molecule has 0 spiro atoms. The molecule has 8 nitrogen and oxygen atoms in total. The monoisotopic (exact) mass is 654 g/mol. The summed E-state index contributed by atoms with van der Waals surface area (Å²) in [5.74, 6) is -0.192. The number of rotatable bonds is 30. The van der Waals surface area contributed by atoms with Crippen molar-refractivity contribution in [1.29, 1.82) is 0 Å². The van der Waals surface area contributed by atoms with Gasteiger partial charge < -0.3 is 28.8 Å². The number of aliphatic hydroxyl groups is 1. The van der Waals surface area contributed by atoms with Crippen LogP contribution in [0.4, 0.5) is 0 Å². The lowest BCUT2D eigenvalue weighted by molar-refractivity contribution is -0.870. The second kappa shape index (κ2) is 28.7. The number of nitrogens with one attached hydrogen (secondary N) is 1. The van der Waals surface area contributed by atoms with Crippen LogP contribution in [0.3, 0.4) is 0 Å². The van der Waals surface area contributed by atoms with Gasteiger partial charge in [0.2, 0.25) is 5.91 Å². The number of likely N-dealkylation sites (N-methyl/N-ethyl adjacent to an activating group) is 1. The lowest BCUT2D eigenvalue weighted by Crippen LogP contribution is -2.46. The first kappa shape index (κ1) is 43.5. The van der Waals surface area contributed by atoms with E-state index in [0.29, 0.717) is 23.9 Å². The van der Waals surface area contributed by atoms with Gasteiger partial charge in [-0.25, -0.2) is 0 Å². The Morgan fingerprint density at radius 3 is 1.96 bits per heavy atom. The average Bonchev–Trinajstić information content (AvgIpc) is 2.97. The highest BCUT2D eigenvalue weighted by atomic mass is 31.2. The summed E-state index contributed by atoms with van der Waals surface area (Å²) in [7, 11) is 1.27. The summed E-state index contributed by atoms with van der Waals surface area (Å²) in [5.41, 5.74) is 0. The first-order chi connectivity index (χ1) is 21.5. The third kappa shape index (κ3) is 30.9. The van der Waals surface area contributed by atoms with Crippen LogP contribution < -0.4 is 10.2 Å². The Labute approximate surface area is 276 Å². The Hall–Kier alpha value is -1.54. The van der Waals surface area contributed by atoms with Gasteiger partial charge in [-0.1, -0.05) is 114 Å². The van der Waals surface area contributed by atoms with Crippen molar-refractivity contribution in [3.05, 3.63) is 48.6 Å². The Bertz CT molecular complexity index is 881. The second-order valence-corrected chi connectivity index (χ2v) is 14.3. The molecule has 0 fully saturated rings. The van der Waals surface area contributed by atoms with Crippen LogP contribution in [-0.4, -0.2) is 68.5 Å². The molecule has 9 heteroatoms. The zero-order valence-electron chi connectivity index (χ0n) is 29.3. The first-order valence-electron chi connectivity index (χ1n) is 17.5. The maximum Gasteiger partial charge on any atom is 0.268 e. The van der Waals surface area contributed by atoms with E-state index in [2.05, 4.69) is 67.8 Å². The zero-order valence-corrected chi connectivity index (χ0v) is 30.2. The molecule has 0 bridgehead atoms. The summed E-state index contributed by atoms with van der Waals surface area (Å²) in [6, 6.07) is -0.804. The van der Waals surface area contributed by atoms with Gasteiger partial charge in [0, 0.05) is 6.42 Å². The number of phosphoric ester groups is 1.